The van der Waals surface area contributed by atoms with Crippen LogP contribution in [0.5, 0.6) is 0 Å². The molecule has 0 radical (unpaired) electrons. The van der Waals surface area contributed by atoms with Gasteiger partial charge in [0.05, 0.1) is 4.55 Å². The first-order valence-electron chi connectivity index (χ1n) is 8.02. The molecule has 6 heteroatoms. The smallest absolute Gasteiger partial charge is 0.193 e. The van der Waals surface area contributed by atoms with Gasteiger partial charge in [-0.1, -0.05) is 46.9 Å². The van der Waals surface area contributed by atoms with Gasteiger partial charge in [-0.15, -0.1) is 0 Å². The molecular weight excluding hydrogens is 516 g/mol. The van der Waals surface area contributed by atoms with Gasteiger partial charge in [0, 0.05) is 52.2 Å². The molecule has 1 fully saturated rings. The number of piperazine rings is 1. The zero-order valence-electron chi connectivity index (χ0n) is 13.7. The molecule has 4 nitrogen and oxygen atoms in total. The normalized spacial score (nSPS) is 16.9. The molecule has 0 aromatic heterocycles. The molecule has 0 spiro atoms. The molecule has 0 unspecified atom stereocenters. The summed E-state index contributed by atoms with van der Waals surface area (Å²) in [5, 5.41) is 0. The molecule has 0 aliphatic carbocycles. The van der Waals surface area contributed by atoms with Crippen molar-refractivity contribution in [1.82, 2.24) is 14.7 Å². The zero-order chi connectivity index (χ0) is 16.7. The van der Waals surface area contributed by atoms with Gasteiger partial charge in [0.25, 0.3) is 0 Å². The minimum Gasteiger partial charge on any atom is -0.302 e. The van der Waals surface area contributed by atoms with E-state index in [2.05, 4.69) is 68.6 Å². The van der Waals surface area contributed by atoms with Gasteiger partial charge in [-0.25, -0.2) is 0 Å². The highest BCUT2D eigenvalue weighted by Gasteiger charge is 2.15. The second kappa shape index (κ2) is 10.3. The zero-order valence-corrected chi connectivity index (χ0v) is 18.0. The number of rotatable bonds is 8. The van der Waals surface area contributed by atoms with Crippen molar-refractivity contribution in [3.63, 3.8) is 0 Å². The van der Waals surface area contributed by atoms with Crippen LogP contribution < -0.4 is 0 Å². The standard InChI is InChI=1S/C17H25I2N3O/c1-20(7-6-17(19)23)12-15-2-4-16(5-3-15)13-21-8-10-22(14-18)11-9-21/h2-5H,6-14H2,1H3. The molecule has 128 valence electrons. The van der Waals surface area contributed by atoms with Crippen molar-refractivity contribution in [1.29, 1.82) is 0 Å². The predicted molar refractivity (Wildman–Crippen MR) is 112 cm³/mol. The van der Waals surface area contributed by atoms with Crippen LogP contribution in [0.25, 0.3) is 0 Å². The van der Waals surface area contributed by atoms with Crippen molar-refractivity contribution in [2.45, 2.75) is 19.5 Å². The third-order valence-electron chi connectivity index (χ3n) is 4.21. The van der Waals surface area contributed by atoms with Crippen molar-refractivity contribution in [3.8, 4) is 0 Å². The van der Waals surface area contributed by atoms with E-state index >= 15 is 0 Å². The number of hydrogen-bond donors (Lipinski definition) is 0. The first-order valence-corrected chi connectivity index (χ1v) is 10.6. The van der Waals surface area contributed by atoms with Crippen molar-refractivity contribution >= 4 is 49.0 Å². The van der Waals surface area contributed by atoms with E-state index in [0.29, 0.717) is 6.42 Å². The summed E-state index contributed by atoms with van der Waals surface area (Å²) in [6.07, 6.45) is 0.623. The molecular formula is C17H25I2N3O. The Morgan fingerprint density at radius 3 is 2.22 bits per heavy atom. The van der Waals surface area contributed by atoms with E-state index in [-0.39, 0.29) is 3.79 Å². The quantitative estimate of drug-likeness (QED) is 0.219. The van der Waals surface area contributed by atoms with Crippen LogP contribution in [0.3, 0.4) is 0 Å². The van der Waals surface area contributed by atoms with Crippen LogP contribution in [0.2, 0.25) is 0 Å². The van der Waals surface area contributed by atoms with Gasteiger partial charge in [-0.05, 0) is 40.8 Å². The number of hydrogen-bond acceptors (Lipinski definition) is 4. The summed E-state index contributed by atoms with van der Waals surface area (Å²) >= 11 is 4.31. The summed E-state index contributed by atoms with van der Waals surface area (Å²) in [5.41, 5.74) is 2.70. The van der Waals surface area contributed by atoms with Gasteiger partial charge in [0.15, 0.2) is 3.79 Å². The molecule has 1 heterocycles. The maximum atomic E-state index is 11.0. The molecule has 0 N–H and O–H groups in total. The fourth-order valence-electron chi connectivity index (χ4n) is 2.74. The van der Waals surface area contributed by atoms with E-state index in [1.807, 2.05) is 22.6 Å². The number of nitrogens with zero attached hydrogens (tertiary/aromatic N) is 3. The van der Waals surface area contributed by atoms with E-state index in [1.54, 1.807) is 0 Å². The first-order chi connectivity index (χ1) is 11.1. The summed E-state index contributed by atoms with van der Waals surface area (Å²) in [4.78, 5) is 18.3. The highest BCUT2D eigenvalue weighted by atomic mass is 127. The molecule has 0 atom stereocenters. The molecule has 0 bridgehead atoms. The molecule has 1 aromatic rings. The van der Waals surface area contributed by atoms with Crippen LogP contribution in [0.4, 0.5) is 0 Å². The molecule has 1 saturated heterocycles. The molecule has 1 aromatic carbocycles. The van der Waals surface area contributed by atoms with Gasteiger partial charge in [0.1, 0.15) is 0 Å². The Morgan fingerprint density at radius 2 is 1.65 bits per heavy atom. The number of carbonyl (C=O) groups is 1. The summed E-state index contributed by atoms with van der Waals surface area (Å²) < 4.78 is 1.37. The Hall–Kier alpha value is 0.230. The average Bonchev–Trinajstić information content (AvgIpc) is 2.55. The SMILES string of the molecule is CN(CCC(=O)I)Cc1ccc(CN2CCN(CI)CC2)cc1. The molecule has 1 aliphatic heterocycles. The second-order valence-electron chi connectivity index (χ2n) is 6.17. The summed E-state index contributed by atoms with van der Waals surface area (Å²) in [5.74, 6) is 0. The largest absolute Gasteiger partial charge is 0.302 e. The van der Waals surface area contributed by atoms with E-state index in [1.165, 1.54) is 24.2 Å². The number of alkyl halides is 1. The van der Waals surface area contributed by atoms with Crippen molar-refractivity contribution in [2.24, 2.45) is 0 Å². The Balaban J connectivity index is 1.77. The fourth-order valence-corrected chi connectivity index (χ4v) is 3.67. The lowest BCUT2D eigenvalue weighted by Crippen LogP contribution is -2.45. The molecule has 1 aliphatic rings. The number of carbonyl (C=O) groups excluding carboxylic acids is 1. The van der Waals surface area contributed by atoms with Crippen molar-refractivity contribution in [3.05, 3.63) is 35.4 Å². The Labute approximate surface area is 166 Å². The lowest BCUT2D eigenvalue weighted by atomic mass is 10.1. The first kappa shape index (κ1) is 19.6. The highest BCUT2D eigenvalue weighted by Crippen LogP contribution is 2.12. The minimum absolute atomic E-state index is 0.229. The molecule has 2 rings (SSSR count). The van der Waals surface area contributed by atoms with E-state index < -0.39 is 0 Å². The average molecular weight is 541 g/mol. The summed E-state index contributed by atoms with van der Waals surface area (Å²) in [7, 11) is 2.07. The van der Waals surface area contributed by atoms with E-state index in [0.717, 1.165) is 37.3 Å². The van der Waals surface area contributed by atoms with Crippen molar-refractivity contribution in [2.75, 3.05) is 44.3 Å². The van der Waals surface area contributed by atoms with Crippen LogP contribution >= 0.6 is 45.2 Å². The highest BCUT2D eigenvalue weighted by molar-refractivity contribution is 14.1. The summed E-state index contributed by atoms with van der Waals surface area (Å²) in [6.45, 7) is 7.47. The lowest BCUT2D eigenvalue weighted by molar-refractivity contribution is -0.109. The topological polar surface area (TPSA) is 26.8 Å². The third kappa shape index (κ3) is 7.33. The van der Waals surface area contributed by atoms with Crippen LogP contribution in [-0.2, 0) is 17.9 Å². The molecule has 0 amide bonds. The van der Waals surface area contributed by atoms with Crippen LogP contribution in [0.1, 0.15) is 17.5 Å². The maximum absolute atomic E-state index is 11.0. The van der Waals surface area contributed by atoms with Gasteiger partial charge >= 0.3 is 0 Å². The van der Waals surface area contributed by atoms with Crippen LogP contribution in [-0.4, -0.2) is 62.8 Å². The lowest BCUT2D eigenvalue weighted by Gasteiger charge is -2.33. The maximum Gasteiger partial charge on any atom is 0.193 e. The van der Waals surface area contributed by atoms with Crippen LogP contribution in [0.15, 0.2) is 24.3 Å². The van der Waals surface area contributed by atoms with Crippen molar-refractivity contribution < 1.29 is 4.79 Å². The number of benzene rings is 1. The monoisotopic (exact) mass is 541 g/mol. The summed E-state index contributed by atoms with van der Waals surface area (Å²) in [6, 6.07) is 8.94. The Kier molecular flexibility index (Phi) is 8.73. The Morgan fingerprint density at radius 1 is 1.09 bits per heavy atom. The Bertz CT molecular complexity index is 487. The molecule has 23 heavy (non-hydrogen) atoms. The van der Waals surface area contributed by atoms with Gasteiger partial charge < -0.3 is 4.90 Å². The fraction of sp³-hybridized carbons (Fsp3) is 0.588. The third-order valence-corrected chi connectivity index (χ3v) is 5.71. The molecule has 0 saturated carbocycles. The number of halogens is 2. The van der Waals surface area contributed by atoms with Gasteiger partial charge in [-0.2, -0.15) is 0 Å². The minimum atomic E-state index is 0.229. The predicted octanol–water partition coefficient (Wildman–Crippen LogP) is 2.98. The van der Waals surface area contributed by atoms with E-state index in [9.17, 15) is 4.79 Å². The van der Waals surface area contributed by atoms with Gasteiger partial charge in [-0.3, -0.25) is 14.6 Å². The second-order valence-corrected chi connectivity index (χ2v) is 8.06. The van der Waals surface area contributed by atoms with Gasteiger partial charge in [0.2, 0.25) is 0 Å². The van der Waals surface area contributed by atoms with Crippen LogP contribution in [0, 0.1) is 0 Å². The van der Waals surface area contributed by atoms with E-state index in [4.69, 9.17) is 0 Å².